The number of rotatable bonds is 13. The Balaban J connectivity index is 3.29. The van der Waals surface area contributed by atoms with Crippen LogP contribution in [0.15, 0.2) is 36.5 Å². The van der Waals surface area contributed by atoms with Gasteiger partial charge in [-0.3, -0.25) is 0 Å². The predicted octanol–water partition coefficient (Wildman–Crippen LogP) is 6.16. The maximum atomic E-state index is 10.8. The van der Waals surface area contributed by atoms with Gasteiger partial charge >= 0.3 is 0 Å². The lowest BCUT2D eigenvalue weighted by atomic mass is 10.1. The fourth-order valence-electron chi connectivity index (χ4n) is 1.97. The molecule has 0 saturated carbocycles. The van der Waals surface area contributed by atoms with Crippen molar-refractivity contribution in [2.24, 2.45) is 0 Å². The van der Waals surface area contributed by atoms with Gasteiger partial charge in [-0.1, -0.05) is 75.5 Å². The minimum absolute atomic E-state index is 0.323. The smallest absolute Gasteiger partial charge is 0.129 e. The molecule has 0 radical (unpaired) electrons. The third-order valence-electron chi connectivity index (χ3n) is 3.23. The number of allylic oxidation sites excluding steroid dienone is 6. The summed E-state index contributed by atoms with van der Waals surface area (Å²) >= 11 is 0. The molecule has 0 unspecified atom stereocenters. The molecule has 0 bridgehead atoms. The Kier molecular flexibility index (Phi) is 15.1. The van der Waals surface area contributed by atoms with E-state index in [9.17, 15) is 4.79 Å². The average molecular weight is 276 g/mol. The zero-order valence-corrected chi connectivity index (χ0v) is 13.4. The number of carbonyl (C=O) groups excluding carboxylic acids is 1. The molecule has 0 N–H and O–H groups in total. The third kappa shape index (κ3) is 16.9. The molecule has 0 aliphatic carbocycles. The highest BCUT2D eigenvalue weighted by Crippen LogP contribution is 2.07. The van der Waals surface area contributed by atoms with Crippen LogP contribution < -0.4 is 0 Å². The molecular weight excluding hydrogens is 244 g/mol. The molecular formula is C19H32O. The van der Waals surface area contributed by atoms with E-state index in [-0.39, 0.29) is 0 Å². The summed E-state index contributed by atoms with van der Waals surface area (Å²) in [7, 11) is 0. The van der Waals surface area contributed by atoms with Crippen molar-refractivity contribution in [3.05, 3.63) is 36.5 Å². The SMILES string of the molecule is CCCC/C=C/C=C\C=C/CCCCCCCC(C)=O. The molecule has 0 aliphatic rings. The van der Waals surface area contributed by atoms with Crippen LogP contribution >= 0.6 is 0 Å². The Morgan fingerprint density at radius 2 is 1.30 bits per heavy atom. The normalized spacial score (nSPS) is 12.1. The molecule has 0 rings (SSSR count). The van der Waals surface area contributed by atoms with Crippen molar-refractivity contribution < 1.29 is 4.79 Å². The van der Waals surface area contributed by atoms with Crippen LogP contribution in [-0.4, -0.2) is 5.78 Å². The summed E-state index contributed by atoms with van der Waals surface area (Å²) in [6.45, 7) is 3.90. The molecule has 0 aliphatic heterocycles. The summed E-state index contributed by atoms with van der Waals surface area (Å²) in [5.74, 6) is 0.323. The second kappa shape index (κ2) is 15.9. The van der Waals surface area contributed by atoms with Crippen LogP contribution in [0.3, 0.4) is 0 Å². The summed E-state index contributed by atoms with van der Waals surface area (Å²) in [4.78, 5) is 10.8. The van der Waals surface area contributed by atoms with Gasteiger partial charge in [0.2, 0.25) is 0 Å². The van der Waals surface area contributed by atoms with Crippen molar-refractivity contribution in [1.82, 2.24) is 0 Å². The molecule has 114 valence electrons. The number of carbonyl (C=O) groups is 1. The third-order valence-corrected chi connectivity index (χ3v) is 3.23. The zero-order chi connectivity index (χ0) is 14.9. The van der Waals surface area contributed by atoms with Crippen LogP contribution in [0.4, 0.5) is 0 Å². The fourth-order valence-corrected chi connectivity index (χ4v) is 1.97. The lowest BCUT2D eigenvalue weighted by Crippen LogP contribution is -1.89. The number of unbranched alkanes of at least 4 members (excludes halogenated alkanes) is 7. The first-order valence-electron chi connectivity index (χ1n) is 8.25. The molecule has 1 heteroatoms. The van der Waals surface area contributed by atoms with Crippen LogP contribution in [-0.2, 0) is 4.79 Å². The maximum absolute atomic E-state index is 10.8. The minimum atomic E-state index is 0.323. The van der Waals surface area contributed by atoms with Crippen molar-refractivity contribution in [3.8, 4) is 0 Å². The largest absolute Gasteiger partial charge is 0.300 e. The van der Waals surface area contributed by atoms with Gasteiger partial charge in [0.25, 0.3) is 0 Å². The number of Topliss-reactive ketones (excluding diaryl/α,β-unsaturated/α-hetero) is 1. The van der Waals surface area contributed by atoms with Crippen molar-refractivity contribution >= 4 is 5.78 Å². The van der Waals surface area contributed by atoms with E-state index in [1.165, 1.54) is 44.9 Å². The summed E-state index contributed by atoms with van der Waals surface area (Å²) in [6.07, 6.45) is 24.7. The van der Waals surface area contributed by atoms with E-state index in [0.717, 1.165) is 19.3 Å². The van der Waals surface area contributed by atoms with Crippen LogP contribution in [0.2, 0.25) is 0 Å². The highest BCUT2D eigenvalue weighted by atomic mass is 16.1. The number of hydrogen-bond acceptors (Lipinski definition) is 1. The van der Waals surface area contributed by atoms with E-state index < -0.39 is 0 Å². The van der Waals surface area contributed by atoms with Gasteiger partial charge in [-0.05, 0) is 32.6 Å². The molecule has 0 heterocycles. The van der Waals surface area contributed by atoms with Crippen molar-refractivity contribution in [2.45, 2.75) is 78.1 Å². The first-order valence-corrected chi connectivity index (χ1v) is 8.25. The van der Waals surface area contributed by atoms with E-state index in [0.29, 0.717) is 5.78 Å². The van der Waals surface area contributed by atoms with Crippen LogP contribution in [0.25, 0.3) is 0 Å². The van der Waals surface area contributed by atoms with Gasteiger partial charge < -0.3 is 4.79 Å². The number of hydrogen-bond donors (Lipinski definition) is 0. The molecule has 0 aromatic rings. The molecule has 0 atom stereocenters. The fraction of sp³-hybridized carbons (Fsp3) is 0.632. The van der Waals surface area contributed by atoms with Crippen molar-refractivity contribution in [2.75, 3.05) is 0 Å². The first kappa shape index (κ1) is 18.9. The van der Waals surface area contributed by atoms with Gasteiger partial charge in [-0.25, -0.2) is 0 Å². The first-order chi connectivity index (χ1) is 9.77. The number of ketones is 1. The Bertz CT molecular complexity index is 297. The van der Waals surface area contributed by atoms with E-state index >= 15 is 0 Å². The lowest BCUT2D eigenvalue weighted by molar-refractivity contribution is -0.117. The van der Waals surface area contributed by atoms with E-state index in [2.05, 4.69) is 43.4 Å². The molecule has 0 aromatic heterocycles. The quantitative estimate of drug-likeness (QED) is 0.290. The highest BCUT2D eigenvalue weighted by molar-refractivity contribution is 5.75. The molecule has 20 heavy (non-hydrogen) atoms. The summed E-state index contributed by atoms with van der Waals surface area (Å²) in [5, 5.41) is 0. The van der Waals surface area contributed by atoms with Crippen LogP contribution in [0, 0.1) is 0 Å². The summed E-state index contributed by atoms with van der Waals surface area (Å²) in [6, 6.07) is 0. The molecule has 0 spiro atoms. The summed E-state index contributed by atoms with van der Waals surface area (Å²) < 4.78 is 0. The Hall–Kier alpha value is -1.11. The van der Waals surface area contributed by atoms with Crippen molar-refractivity contribution in [3.63, 3.8) is 0 Å². The van der Waals surface area contributed by atoms with Crippen LogP contribution in [0.5, 0.6) is 0 Å². The van der Waals surface area contributed by atoms with E-state index in [4.69, 9.17) is 0 Å². The van der Waals surface area contributed by atoms with E-state index in [1.807, 2.05) is 0 Å². The monoisotopic (exact) mass is 276 g/mol. The zero-order valence-electron chi connectivity index (χ0n) is 13.4. The van der Waals surface area contributed by atoms with Gasteiger partial charge in [0.1, 0.15) is 5.78 Å². The highest BCUT2D eigenvalue weighted by Gasteiger charge is 1.93. The maximum Gasteiger partial charge on any atom is 0.129 e. The second-order valence-corrected chi connectivity index (χ2v) is 5.39. The molecule has 1 nitrogen and oxygen atoms in total. The molecule has 0 aromatic carbocycles. The average Bonchev–Trinajstić information content (AvgIpc) is 2.43. The Morgan fingerprint density at radius 1 is 0.750 bits per heavy atom. The van der Waals surface area contributed by atoms with E-state index in [1.54, 1.807) is 6.92 Å². The van der Waals surface area contributed by atoms with Crippen molar-refractivity contribution in [1.29, 1.82) is 0 Å². The molecule has 0 amide bonds. The van der Waals surface area contributed by atoms with Crippen LogP contribution in [0.1, 0.15) is 78.1 Å². The van der Waals surface area contributed by atoms with Gasteiger partial charge in [0.15, 0.2) is 0 Å². The molecule has 0 saturated heterocycles. The predicted molar refractivity (Wildman–Crippen MR) is 89.9 cm³/mol. The molecule has 0 fully saturated rings. The summed E-state index contributed by atoms with van der Waals surface area (Å²) in [5.41, 5.74) is 0. The van der Waals surface area contributed by atoms with Gasteiger partial charge in [0.05, 0.1) is 0 Å². The van der Waals surface area contributed by atoms with Gasteiger partial charge in [-0.15, -0.1) is 0 Å². The second-order valence-electron chi connectivity index (χ2n) is 5.39. The standard InChI is InChI=1S/C19H32O/c1-3-4-5-6-7-8-9-10-11-12-13-14-15-16-17-18-19(2)20/h6-11H,3-5,12-18H2,1-2H3/b7-6+,9-8-,11-10-. The minimum Gasteiger partial charge on any atom is -0.300 e. The lowest BCUT2D eigenvalue weighted by Gasteiger charge is -1.98. The Morgan fingerprint density at radius 3 is 1.90 bits per heavy atom. The van der Waals surface area contributed by atoms with Gasteiger partial charge in [-0.2, -0.15) is 0 Å². The van der Waals surface area contributed by atoms with Gasteiger partial charge in [0, 0.05) is 6.42 Å². The Labute approximate surface area is 125 Å². The topological polar surface area (TPSA) is 17.1 Å².